The number of ether oxygens (including phenoxy) is 1. The maximum Gasteiger partial charge on any atom is 0.251 e. The van der Waals surface area contributed by atoms with Gasteiger partial charge < -0.3 is 20.7 Å². The van der Waals surface area contributed by atoms with Gasteiger partial charge in [-0.2, -0.15) is 0 Å². The first kappa shape index (κ1) is 23.3. The average Bonchev–Trinajstić information content (AvgIpc) is 2.71. The van der Waals surface area contributed by atoms with Gasteiger partial charge in [0.1, 0.15) is 11.8 Å². The molecule has 2 aromatic rings. The van der Waals surface area contributed by atoms with Crippen LogP contribution in [0.25, 0.3) is 0 Å². The summed E-state index contributed by atoms with van der Waals surface area (Å²) < 4.78 is 5.16. The number of rotatable bonds is 10. The van der Waals surface area contributed by atoms with Crippen molar-refractivity contribution in [2.24, 2.45) is 5.92 Å². The lowest BCUT2D eigenvalue weighted by Crippen LogP contribution is -2.49. The molecular weight excluding hydrogens is 378 g/mol. The van der Waals surface area contributed by atoms with E-state index in [4.69, 9.17) is 4.74 Å². The SMILES string of the molecule is COc1ccc(NC(C)CNC(=O)[C@H](CC(C)C)NC(=O)c2cccc(C)c2)cc1. The molecule has 2 aromatic carbocycles. The Kier molecular flexibility index (Phi) is 8.71. The molecule has 1 unspecified atom stereocenters. The molecule has 30 heavy (non-hydrogen) atoms. The van der Waals surface area contributed by atoms with Crippen molar-refractivity contribution in [3.05, 3.63) is 59.7 Å². The van der Waals surface area contributed by atoms with Gasteiger partial charge in [0, 0.05) is 23.8 Å². The van der Waals surface area contributed by atoms with Crippen LogP contribution in [-0.2, 0) is 4.79 Å². The number of amides is 2. The number of nitrogens with one attached hydrogen (secondary N) is 3. The number of anilines is 1. The molecule has 0 spiro atoms. The van der Waals surface area contributed by atoms with E-state index in [1.165, 1.54) is 0 Å². The molecule has 3 N–H and O–H groups in total. The lowest BCUT2D eigenvalue weighted by molar-refractivity contribution is -0.123. The summed E-state index contributed by atoms with van der Waals surface area (Å²) in [5.74, 6) is 0.660. The zero-order chi connectivity index (χ0) is 22.1. The molecule has 0 aromatic heterocycles. The molecule has 162 valence electrons. The highest BCUT2D eigenvalue weighted by Crippen LogP contribution is 2.15. The quantitative estimate of drug-likeness (QED) is 0.556. The minimum absolute atomic E-state index is 0.0227. The van der Waals surface area contributed by atoms with Crippen molar-refractivity contribution in [1.29, 1.82) is 0 Å². The standard InChI is InChI=1S/C24H33N3O3/c1-16(2)13-22(27-23(28)19-8-6-7-17(3)14-19)24(29)25-15-18(4)26-20-9-11-21(30-5)12-10-20/h6-12,14,16,18,22,26H,13,15H2,1-5H3,(H,25,29)(H,27,28)/t18?,22-/m0/s1. The van der Waals surface area contributed by atoms with Crippen LogP contribution >= 0.6 is 0 Å². The average molecular weight is 412 g/mol. The molecule has 0 heterocycles. The molecule has 6 nitrogen and oxygen atoms in total. The third-order valence-electron chi connectivity index (χ3n) is 4.69. The summed E-state index contributed by atoms with van der Waals surface area (Å²) >= 11 is 0. The smallest absolute Gasteiger partial charge is 0.251 e. The summed E-state index contributed by atoms with van der Waals surface area (Å²) in [6.07, 6.45) is 0.573. The van der Waals surface area contributed by atoms with Crippen LogP contribution in [0.5, 0.6) is 5.75 Å². The second-order valence-electron chi connectivity index (χ2n) is 8.04. The van der Waals surface area contributed by atoms with Crippen molar-refractivity contribution in [1.82, 2.24) is 10.6 Å². The van der Waals surface area contributed by atoms with E-state index in [1.54, 1.807) is 13.2 Å². The fourth-order valence-corrected chi connectivity index (χ4v) is 3.13. The first-order chi connectivity index (χ1) is 14.3. The third-order valence-corrected chi connectivity index (χ3v) is 4.69. The maximum atomic E-state index is 12.8. The molecule has 0 aliphatic carbocycles. The Morgan fingerprint density at radius 1 is 1.03 bits per heavy atom. The summed E-state index contributed by atoms with van der Waals surface area (Å²) in [4.78, 5) is 25.4. The van der Waals surface area contributed by atoms with Gasteiger partial charge in [-0.3, -0.25) is 9.59 Å². The summed E-state index contributed by atoms with van der Waals surface area (Å²) in [6, 6.07) is 14.4. The number of hydrogen-bond acceptors (Lipinski definition) is 4. The van der Waals surface area contributed by atoms with E-state index in [2.05, 4.69) is 16.0 Å². The molecule has 0 bridgehead atoms. The second kappa shape index (κ2) is 11.2. The zero-order valence-corrected chi connectivity index (χ0v) is 18.5. The number of benzene rings is 2. The molecule has 2 atom stereocenters. The van der Waals surface area contributed by atoms with Crippen LogP contribution in [-0.4, -0.2) is 37.6 Å². The molecule has 2 rings (SSSR count). The lowest BCUT2D eigenvalue weighted by Gasteiger charge is -2.22. The van der Waals surface area contributed by atoms with Crippen molar-refractivity contribution in [2.45, 2.75) is 46.2 Å². The fraction of sp³-hybridized carbons (Fsp3) is 0.417. The van der Waals surface area contributed by atoms with Crippen molar-refractivity contribution < 1.29 is 14.3 Å². The number of carbonyl (C=O) groups excluding carboxylic acids is 2. The lowest BCUT2D eigenvalue weighted by atomic mass is 10.0. The highest BCUT2D eigenvalue weighted by Gasteiger charge is 2.22. The second-order valence-corrected chi connectivity index (χ2v) is 8.04. The summed E-state index contributed by atoms with van der Waals surface area (Å²) in [5.41, 5.74) is 2.51. The van der Waals surface area contributed by atoms with Crippen molar-refractivity contribution in [3.63, 3.8) is 0 Å². The molecule has 0 saturated carbocycles. The molecular formula is C24H33N3O3. The summed E-state index contributed by atoms with van der Waals surface area (Å²) in [6.45, 7) is 8.44. The largest absolute Gasteiger partial charge is 0.497 e. The topological polar surface area (TPSA) is 79.5 Å². The van der Waals surface area contributed by atoms with Crippen LogP contribution in [0.15, 0.2) is 48.5 Å². The van der Waals surface area contributed by atoms with Gasteiger partial charge in [-0.1, -0.05) is 31.5 Å². The monoisotopic (exact) mass is 411 g/mol. The van der Waals surface area contributed by atoms with E-state index in [0.29, 0.717) is 18.5 Å². The maximum absolute atomic E-state index is 12.8. The zero-order valence-electron chi connectivity index (χ0n) is 18.5. The van der Waals surface area contributed by atoms with Crippen LogP contribution < -0.4 is 20.7 Å². The number of aryl methyl sites for hydroxylation is 1. The predicted octanol–water partition coefficient (Wildman–Crippen LogP) is 3.76. The predicted molar refractivity (Wildman–Crippen MR) is 121 cm³/mol. The van der Waals surface area contributed by atoms with Crippen LogP contribution in [0.2, 0.25) is 0 Å². The van der Waals surface area contributed by atoms with Crippen LogP contribution in [0.3, 0.4) is 0 Å². The first-order valence-electron chi connectivity index (χ1n) is 10.3. The van der Waals surface area contributed by atoms with Crippen molar-refractivity contribution >= 4 is 17.5 Å². The Labute approximate surface area is 179 Å². The van der Waals surface area contributed by atoms with Gasteiger partial charge in [-0.15, -0.1) is 0 Å². The number of methoxy groups -OCH3 is 1. The molecule has 0 aliphatic rings. The first-order valence-corrected chi connectivity index (χ1v) is 10.3. The van der Waals surface area contributed by atoms with Gasteiger partial charge in [0.15, 0.2) is 0 Å². The van der Waals surface area contributed by atoms with Gasteiger partial charge in [0.05, 0.1) is 7.11 Å². The van der Waals surface area contributed by atoms with Gasteiger partial charge >= 0.3 is 0 Å². The Morgan fingerprint density at radius 3 is 2.33 bits per heavy atom. The van der Waals surface area contributed by atoms with Crippen LogP contribution in [0.4, 0.5) is 5.69 Å². The highest BCUT2D eigenvalue weighted by molar-refractivity contribution is 5.97. The molecule has 6 heteroatoms. The molecule has 2 amide bonds. The van der Waals surface area contributed by atoms with E-state index >= 15 is 0 Å². The third kappa shape index (κ3) is 7.43. The Balaban J connectivity index is 1.92. The van der Waals surface area contributed by atoms with E-state index in [0.717, 1.165) is 17.0 Å². The molecule has 0 fully saturated rings. The summed E-state index contributed by atoms with van der Waals surface area (Å²) in [5, 5.41) is 9.19. The van der Waals surface area contributed by atoms with E-state index in [1.807, 2.05) is 70.2 Å². The normalized spacial score (nSPS) is 12.7. The van der Waals surface area contributed by atoms with Gasteiger partial charge in [0.25, 0.3) is 5.91 Å². The van der Waals surface area contributed by atoms with E-state index in [-0.39, 0.29) is 23.8 Å². The van der Waals surface area contributed by atoms with E-state index < -0.39 is 6.04 Å². The highest BCUT2D eigenvalue weighted by atomic mass is 16.5. The Bertz CT molecular complexity index is 834. The number of hydrogen-bond donors (Lipinski definition) is 3. The Hall–Kier alpha value is -3.02. The fourth-order valence-electron chi connectivity index (χ4n) is 3.13. The molecule has 0 saturated heterocycles. The van der Waals surface area contributed by atoms with Crippen LogP contribution in [0, 0.1) is 12.8 Å². The minimum Gasteiger partial charge on any atom is -0.497 e. The van der Waals surface area contributed by atoms with E-state index in [9.17, 15) is 9.59 Å². The molecule has 0 aliphatic heterocycles. The Morgan fingerprint density at radius 2 is 1.73 bits per heavy atom. The van der Waals surface area contributed by atoms with Crippen molar-refractivity contribution in [2.75, 3.05) is 19.0 Å². The van der Waals surface area contributed by atoms with Gasteiger partial charge in [-0.05, 0) is 62.6 Å². The molecule has 0 radical (unpaired) electrons. The minimum atomic E-state index is -0.578. The number of carbonyl (C=O) groups is 2. The van der Waals surface area contributed by atoms with Gasteiger partial charge in [0.2, 0.25) is 5.91 Å². The van der Waals surface area contributed by atoms with Crippen LogP contribution in [0.1, 0.15) is 43.1 Å². The summed E-state index contributed by atoms with van der Waals surface area (Å²) in [7, 11) is 1.63. The van der Waals surface area contributed by atoms with Crippen molar-refractivity contribution in [3.8, 4) is 5.75 Å². The van der Waals surface area contributed by atoms with Gasteiger partial charge in [-0.25, -0.2) is 0 Å².